The predicted octanol–water partition coefficient (Wildman–Crippen LogP) is 1.13. The highest BCUT2D eigenvalue weighted by molar-refractivity contribution is 4.99. The molecule has 0 aliphatic rings. The van der Waals surface area contributed by atoms with Crippen LogP contribution in [0.2, 0.25) is 0 Å². The van der Waals surface area contributed by atoms with Gasteiger partial charge in [0.1, 0.15) is 6.26 Å². The average Bonchev–Trinajstić information content (AvgIpc) is 2.55. The lowest BCUT2D eigenvalue weighted by Gasteiger charge is -2.18. The maximum atomic E-state index is 5.27. The minimum absolute atomic E-state index is 0.127. The van der Waals surface area contributed by atoms with Crippen molar-refractivity contribution in [2.24, 2.45) is 0 Å². The van der Waals surface area contributed by atoms with Gasteiger partial charge in [-0.2, -0.15) is 0 Å². The average molecular weight is 164 g/mol. The van der Waals surface area contributed by atoms with E-state index in [0.29, 0.717) is 0 Å². The number of hydrogen-bond acceptors (Lipinski definition) is 3. The third-order valence-corrected chi connectivity index (χ3v) is 1.80. The fourth-order valence-corrected chi connectivity index (χ4v) is 0.835. The van der Waals surface area contributed by atoms with Gasteiger partial charge in [-0.3, -0.25) is 4.90 Å². The Balaban J connectivity index is 2.48. The van der Waals surface area contributed by atoms with Gasteiger partial charge in [0.05, 0.1) is 11.7 Å². The molecule has 64 valence electrons. The first kappa shape index (κ1) is 8.82. The lowest BCUT2D eigenvalue weighted by Crippen LogP contribution is -2.27. The molecule has 0 amide bonds. The van der Waals surface area contributed by atoms with Crippen molar-refractivity contribution in [2.75, 3.05) is 7.05 Å². The van der Waals surface area contributed by atoms with Gasteiger partial charge in [0.15, 0.2) is 6.39 Å². The van der Waals surface area contributed by atoms with E-state index in [1.807, 2.05) is 18.9 Å². The lowest BCUT2D eigenvalue weighted by molar-refractivity contribution is 0.293. The summed E-state index contributed by atoms with van der Waals surface area (Å²) in [5.74, 6) is 2.64. The molecule has 1 heterocycles. The van der Waals surface area contributed by atoms with Gasteiger partial charge in [0.25, 0.3) is 0 Å². The van der Waals surface area contributed by atoms with Crippen LogP contribution < -0.4 is 0 Å². The Labute approximate surface area is 72.4 Å². The highest BCUT2D eigenvalue weighted by Crippen LogP contribution is 2.02. The van der Waals surface area contributed by atoms with Crippen LogP contribution >= 0.6 is 0 Å². The molecule has 3 heteroatoms. The lowest BCUT2D eigenvalue weighted by atomic mass is 10.3. The van der Waals surface area contributed by atoms with Crippen LogP contribution in [-0.2, 0) is 6.54 Å². The second kappa shape index (κ2) is 3.93. The van der Waals surface area contributed by atoms with Crippen molar-refractivity contribution in [1.29, 1.82) is 0 Å². The number of nitrogens with zero attached hydrogens (tertiary/aromatic N) is 2. The van der Waals surface area contributed by atoms with Crippen LogP contribution in [0.3, 0.4) is 0 Å². The van der Waals surface area contributed by atoms with Crippen LogP contribution in [0.15, 0.2) is 17.1 Å². The second-order valence-electron chi connectivity index (χ2n) is 2.74. The molecule has 0 spiro atoms. The number of oxazole rings is 1. The van der Waals surface area contributed by atoms with Gasteiger partial charge < -0.3 is 4.42 Å². The highest BCUT2D eigenvalue weighted by atomic mass is 16.3. The number of terminal acetylenes is 1. The third kappa shape index (κ3) is 2.11. The maximum Gasteiger partial charge on any atom is 0.180 e. The number of aromatic nitrogens is 1. The molecule has 0 fully saturated rings. The summed E-state index contributed by atoms with van der Waals surface area (Å²) in [4.78, 5) is 6.02. The minimum Gasteiger partial charge on any atom is -0.451 e. The zero-order valence-electron chi connectivity index (χ0n) is 7.32. The van der Waals surface area contributed by atoms with E-state index in [2.05, 4.69) is 10.9 Å². The van der Waals surface area contributed by atoms with Crippen molar-refractivity contribution in [3.8, 4) is 12.3 Å². The molecule has 0 saturated carbocycles. The summed E-state index contributed by atoms with van der Waals surface area (Å²) in [7, 11) is 1.96. The summed E-state index contributed by atoms with van der Waals surface area (Å²) < 4.78 is 4.84. The fraction of sp³-hybridized carbons (Fsp3) is 0.444. The molecule has 3 nitrogen and oxygen atoms in total. The van der Waals surface area contributed by atoms with Gasteiger partial charge in [0, 0.05) is 6.54 Å². The van der Waals surface area contributed by atoms with Gasteiger partial charge in [-0.05, 0) is 14.0 Å². The first-order valence-electron chi connectivity index (χ1n) is 3.77. The largest absolute Gasteiger partial charge is 0.451 e. The SMILES string of the molecule is C#CC(C)N(C)Cc1cocn1. The Bertz CT molecular complexity index is 261. The Morgan fingerprint density at radius 2 is 2.58 bits per heavy atom. The van der Waals surface area contributed by atoms with Crippen molar-refractivity contribution >= 4 is 0 Å². The molecule has 0 aliphatic heterocycles. The van der Waals surface area contributed by atoms with E-state index in [1.165, 1.54) is 6.39 Å². The summed E-state index contributed by atoms with van der Waals surface area (Å²) in [6.45, 7) is 2.70. The summed E-state index contributed by atoms with van der Waals surface area (Å²) in [5.41, 5.74) is 0.902. The molecule has 1 atom stereocenters. The summed E-state index contributed by atoms with van der Waals surface area (Å²) in [6.07, 6.45) is 8.31. The Hall–Kier alpha value is -1.27. The van der Waals surface area contributed by atoms with Gasteiger partial charge in [0.2, 0.25) is 0 Å². The van der Waals surface area contributed by atoms with Crippen molar-refractivity contribution in [3.05, 3.63) is 18.4 Å². The summed E-state index contributed by atoms with van der Waals surface area (Å²) in [5, 5.41) is 0. The van der Waals surface area contributed by atoms with E-state index < -0.39 is 0 Å². The third-order valence-electron chi connectivity index (χ3n) is 1.80. The molecule has 0 aromatic carbocycles. The van der Waals surface area contributed by atoms with Crippen molar-refractivity contribution in [2.45, 2.75) is 19.5 Å². The quantitative estimate of drug-likeness (QED) is 0.627. The Morgan fingerprint density at radius 3 is 3.08 bits per heavy atom. The van der Waals surface area contributed by atoms with Crippen LogP contribution in [-0.4, -0.2) is 23.0 Å². The molecular weight excluding hydrogens is 152 g/mol. The minimum atomic E-state index is 0.127. The first-order chi connectivity index (χ1) is 5.74. The van der Waals surface area contributed by atoms with Gasteiger partial charge in [-0.15, -0.1) is 6.42 Å². The zero-order valence-corrected chi connectivity index (χ0v) is 7.32. The number of hydrogen-bond donors (Lipinski definition) is 0. The normalized spacial score (nSPS) is 12.8. The van der Waals surface area contributed by atoms with Gasteiger partial charge >= 0.3 is 0 Å². The van der Waals surface area contributed by atoms with E-state index in [4.69, 9.17) is 10.8 Å². The molecule has 0 radical (unpaired) electrons. The van der Waals surface area contributed by atoms with E-state index >= 15 is 0 Å². The smallest absolute Gasteiger partial charge is 0.180 e. The molecule has 1 aromatic rings. The predicted molar refractivity (Wildman–Crippen MR) is 46.3 cm³/mol. The second-order valence-corrected chi connectivity index (χ2v) is 2.74. The van der Waals surface area contributed by atoms with Crippen molar-refractivity contribution in [1.82, 2.24) is 9.88 Å². The number of rotatable bonds is 3. The van der Waals surface area contributed by atoms with Crippen LogP contribution in [0.4, 0.5) is 0 Å². The molecule has 0 N–H and O–H groups in total. The fourth-order valence-electron chi connectivity index (χ4n) is 0.835. The van der Waals surface area contributed by atoms with E-state index in [1.54, 1.807) is 6.26 Å². The molecule has 0 bridgehead atoms. The molecule has 0 aliphatic carbocycles. The van der Waals surface area contributed by atoms with Crippen molar-refractivity contribution < 1.29 is 4.42 Å². The molecule has 1 rings (SSSR count). The topological polar surface area (TPSA) is 29.3 Å². The Kier molecular flexibility index (Phi) is 2.89. The maximum absolute atomic E-state index is 5.27. The van der Waals surface area contributed by atoms with Crippen molar-refractivity contribution in [3.63, 3.8) is 0 Å². The van der Waals surface area contributed by atoms with E-state index in [-0.39, 0.29) is 6.04 Å². The van der Waals surface area contributed by atoms with Crippen LogP contribution in [0.25, 0.3) is 0 Å². The van der Waals surface area contributed by atoms with Crippen LogP contribution in [0, 0.1) is 12.3 Å². The molecular formula is C9H12N2O. The standard InChI is InChI=1S/C9H12N2O/c1-4-8(2)11(3)5-9-6-12-7-10-9/h1,6-8H,5H2,2-3H3. The zero-order chi connectivity index (χ0) is 8.97. The summed E-state index contributed by atoms with van der Waals surface area (Å²) in [6, 6.07) is 0.127. The summed E-state index contributed by atoms with van der Waals surface area (Å²) >= 11 is 0. The van der Waals surface area contributed by atoms with Crippen LogP contribution in [0.1, 0.15) is 12.6 Å². The molecule has 0 saturated heterocycles. The molecule has 1 unspecified atom stereocenters. The Morgan fingerprint density at radius 1 is 1.83 bits per heavy atom. The highest BCUT2D eigenvalue weighted by Gasteiger charge is 2.07. The molecule has 1 aromatic heterocycles. The van der Waals surface area contributed by atoms with Gasteiger partial charge in [-0.25, -0.2) is 4.98 Å². The monoisotopic (exact) mass is 164 g/mol. The van der Waals surface area contributed by atoms with Gasteiger partial charge in [-0.1, -0.05) is 5.92 Å². The first-order valence-corrected chi connectivity index (χ1v) is 3.77. The van der Waals surface area contributed by atoms with Crippen LogP contribution in [0.5, 0.6) is 0 Å². The van der Waals surface area contributed by atoms with E-state index in [9.17, 15) is 0 Å². The van der Waals surface area contributed by atoms with E-state index in [0.717, 1.165) is 12.2 Å². The molecule has 12 heavy (non-hydrogen) atoms.